The maximum atomic E-state index is 12.3. The van der Waals surface area contributed by atoms with E-state index in [4.69, 9.17) is 5.73 Å². The maximum Gasteiger partial charge on any atom is 0.252 e. The number of halogens is 1. The van der Waals surface area contributed by atoms with Crippen molar-refractivity contribution in [1.29, 1.82) is 0 Å². The Labute approximate surface area is 117 Å². The molecule has 3 N–H and O–H groups in total. The summed E-state index contributed by atoms with van der Waals surface area (Å²) in [7, 11) is 0. The summed E-state index contributed by atoms with van der Waals surface area (Å²) in [6.45, 7) is 6.53. The molecule has 0 atom stereocenters. The highest BCUT2D eigenvalue weighted by atomic mass is 79.9. The highest BCUT2D eigenvalue weighted by Gasteiger charge is 2.27. The quantitative estimate of drug-likeness (QED) is 0.878. The largest absolute Gasteiger partial charge is 0.345 e. The van der Waals surface area contributed by atoms with Crippen molar-refractivity contribution in [2.24, 2.45) is 5.73 Å². The van der Waals surface area contributed by atoms with E-state index in [1.54, 1.807) is 0 Å². The minimum atomic E-state index is -0.304. The molecule has 3 nitrogen and oxygen atoms in total. The minimum Gasteiger partial charge on any atom is -0.345 e. The first-order chi connectivity index (χ1) is 8.48. The van der Waals surface area contributed by atoms with Gasteiger partial charge in [-0.15, -0.1) is 0 Å². The van der Waals surface area contributed by atoms with Crippen LogP contribution in [-0.2, 0) is 0 Å². The summed E-state index contributed by atoms with van der Waals surface area (Å²) in [4.78, 5) is 12.3. The van der Waals surface area contributed by atoms with Gasteiger partial charge in [0.25, 0.3) is 5.91 Å². The molecule has 0 unspecified atom stereocenters. The van der Waals surface area contributed by atoms with Crippen LogP contribution in [0.15, 0.2) is 22.7 Å². The summed E-state index contributed by atoms with van der Waals surface area (Å²) in [6, 6.07) is 5.71. The molecule has 1 aromatic carbocycles. The predicted octanol–water partition coefficient (Wildman–Crippen LogP) is 3.00. The van der Waals surface area contributed by atoms with Crippen LogP contribution in [-0.4, -0.2) is 18.0 Å². The molecule has 0 heterocycles. The second-order valence-electron chi connectivity index (χ2n) is 4.63. The normalized spacial score (nSPS) is 11.4. The number of hydrogen-bond donors (Lipinski definition) is 2. The molecule has 100 valence electrons. The SMILES string of the molecule is CCC(CC)(CN)NC(=O)c1ccc(C)cc1Br. The van der Waals surface area contributed by atoms with Crippen molar-refractivity contribution < 1.29 is 4.79 Å². The van der Waals surface area contributed by atoms with Crippen molar-refractivity contribution >= 4 is 21.8 Å². The van der Waals surface area contributed by atoms with Crippen molar-refractivity contribution in [1.82, 2.24) is 5.32 Å². The standard InChI is InChI=1S/C14H21BrN2O/c1-4-14(5-2,9-16)17-13(18)11-7-6-10(3)8-12(11)15/h6-8H,4-5,9,16H2,1-3H3,(H,17,18). The summed E-state index contributed by atoms with van der Waals surface area (Å²) in [5.74, 6) is -0.0731. The summed E-state index contributed by atoms with van der Waals surface area (Å²) in [5, 5.41) is 3.06. The molecule has 0 aliphatic carbocycles. The van der Waals surface area contributed by atoms with Gasteiger partial charge in [-0.25, -0.2) is 0 Å². The monoisotopic (exact) mass is 312 g/mol. The lowest BCUT2D eigenvalue weighted by molar-refractivity contribution is 0.0894. The summed E-state index contributed by atoms with van der Waals surface area (Å²) < 4.78 is 0.818. The van der Waals surface area contributed by atoms with E-state index >= 15 is 0 Å². The van der Waals surface area contributed by atoms with Gasteiger partial charge in [0.15, 0.2) is 0 Å². The van der Waals surface area contributed by atoms with E-state index in [2.05, 4.69) is 21.2 Å². The minimum absolute atomic E-state index is 0.0731. The Morgan fingerprint density at radius 1 is 1.39 bits per heavy atom. The lowest BCUT2D eigenvalue weighted by atomic mass is 9.92. The van der Waals surface area contributed by atoms with E-state index in [0.29, 0.717) is 12.1 Å². The lowest BCUT2D eigenvalue weighted by Gasteiger charge is -2.31. The number of benzene rings is 1. The van der Waals surface area contributed by atoms with Crippen LogP contribution in [0.5, 0.6) is 0 Å². The molecule has 1 aromatic rings. The third-order valence-electron chi connectivity index (χ3n) is 3.49. The second-order valence-corrected chi connectivity index (χ2v) is 5.48. The first-order valence-electron chi connectivity index (χ1n) is 6.26. The van der Waals surface area contributed by atoms with Gasteiger partial charge in [-0.05, 0) is 53.4 Å². The van der Waals surface area contributed by atoms with Crippen LogP contribution in [0, 0.1) is 6.92 Å². The third-order valence-corrected chi connectivity index (χ3v) is 4.15. The number of rotatable bonds is 5. The molecule has 0 saturated heterocycles. The van der Waals surface area contributed by atoms with E-state index in [1.165, 1.54) is 0 Å². The summed E-state index contributed by atoms with van der Waals surface area (Å²) in [6.07, 6.45) is 1.66. The molecule has 18 heavy (non-hydrogen) atoms. The van der Waals surface area contributed by atoms with E-state index < -0.39 is 0 Å². The first-order valence-corrected chi connectivity index (χ1v) is 7.06. The Bertz CT molecular complexity index is 420. The third kappa shape index (κ3) is 3.33. The number of nitrogens with two attached hydrogens (primary N) is 1. The van der Waals surface area contributed by atoms with E-state index in [0.717, 1.165) is 22.9 Å². The van der Waals surface area contributed by atoms with Crippen molar-refractivity contribution in [3.05, 3.63) is 33.8 Å². The van der Waals surface area contributed by atoms with Crippen LogP contribution >= 0.6 is 15.9 Å². The van der Waals surface area contributed by atoms with Gasteiger partial charge in [0.2, 0.25) is 0 Å². The van der Waals surface area contributed by atoms with Gasteiger partial charge in [-0.1, -0.05) is 19.9 Å². The number of carbonyl (C=O) groups is 1. The Kier molecular flexibility index (Phi) is 5.35. The van der Waals surface area contributed by atoms with Gasteiger partial charge in [0.05, 0.1) is 11.1 Å². The second kappa shape index (κ2) is 6.34. The van der Waals surface area contributed by atoms with Gasteiger partial charge in [-0.2, -0.15) is 0 Å². The van der Waals surface area contributed by atoms with Crippen molar-refractivity contribution in [3.63, 3.8) is 0 Å². The Morgan fingerprint density at radius 3 is 2.44 bits per heavy atom. The smallest absolute Gasteiger partial charge is 0.252 e. The Morgan fingerprint density at radius 2 is 2.00 bits per heavy atom. The van der Waals surface area contributed by atoms with Crippen molar-refractivity contribution in [3.8, 4) is 0 Å². The van der Waals surface area contributed by atoms with Gasteiger partial charge >= 0.3 is 0 Å². The fourth-order valence-electron chi connectivity index (χ4n) is 1.88. The van der Waals surface area contributed by atoms with Crippen molar-refractivity contribution in [2.45, 2.75) is 39.2 Å². The molecule has 0 fully saturated rings. The fourth-order valence-corrected chi connectivity index (χ4v) is 2.55. The Hall–Kier alpha value is -0.870. The van der Waals surface area contributed by atoms with Gasteiger partial charge in [0, 0.05) is 11.0 Å². The van der Waals surface area contributed by atoms with Crippen LogP contribution in [0.25, 0.3) is 0 Å². The van der Waals surface area contributed by atoms with E-state index in [-0.39, 0.29) is 11.4 Å². The van der Waals surface area contributed by atoms with Gasteiger partial charge in [-0.3, -0.25) is 4.79 Å². The molecule has 0 aliphatic heterocycles. The average molecular weight is 313 g/mol. The number of hydrogen-bond acceptors (Lipinski definition) is 2. The molecule has 0 saturated carbocycles. The summed E-state index contributed by atoms with van der Waals surface area (Å²) in [5.41, 5.74) is 7.26. The zero-order valence-corrected chi connectivity index (χ0v) is 12.8. The zero-order valence-electron chi connectivity index (χ0n) is 11.2. The molecule has 0 radical (unpaired) electrons. The van der Waals surface area contributed by atoms with E-state index in [9.17, 15) is 4.79 Å². The first kappa shape index (κ1) is 15.2. The lowest BCUT2D eigenvalue weighted by Crippen LogP contribution is -2.52. The highest BCUT2D eigenvalue weighted by molar-refractivity contribution is 9.10. The van der Waals surface area contributed by atoms with Gasteiger partial charge in [0.1, 0.15) is 0 Å². The Balaban J connectivity index is 2.94. The predicted molar refractivity (Wildman–Crippen MR) is 78.7 cm³/mol. The van der Waals surface area contributed by atoms with Crippen LogP contribution < -0.4 is 11.1 Å². The maximum absolute atomic E-state index is 12.3. The average Bonchev–Trinajstić information content (AvgIpc) is 2.36. The van der Waals surface area contributed by atoms with Crippen LogP contribution in [0.2, 0.25) is 0 Å². The number of carbonyl (C=O) groups excluding carboxylic acids is 1. The zero-order chi connectivity index (χ0) is 13.8. The number of amides is 1. The molecular formula is C14H21BrN2O. The van der Waals surface area contributed by atoms with Crippen LogP contribution in [0.3, 0.4) is 0 Å². The molecular weight excluding hydrogens is 292 g/mol. The molecule has 0 spiro atoms. The highest BCUT2D eigenvalue weighted by Crippen LogP contribution is 2.20. The number of aryl methyl sites for hydroxylation is 1. The molecule has 0 aliphatic rings. The van der Waals surface area contributed by atoms with E-state index in [1.807, 2.05) is 39.0 Å². The molecule has 1 amide bonds. The molecule has 4 heteroatoms. The van der Waals surface area contributed by atoms with Gasteiger partial charge < -0.3 is 11.1 Å². The van der Waals surface area contributed by atoms with Crippen LogP contribution in [0.1, 0.15) is 42.6 Å². The molecule has 0 bridgehead atoms. The van der Waals surface area contributed by atoms with Crippen LogP contribution in [0.4, 0.5) is 0 Å². The summed E-state index contributed by atoms with van der Waals surface area (Å²) >= 11 is 3.43. The topological polar surface area (TPSA) is 55.1 Å². The molecule has 0 aromatic heterocycles. The molecule has 1 rings (SSSR count). The fraction of sp³-hybridized carbons (Fsp3) is 0.500. The number of nitrogens with one attached hydrogen (secondary N) is 1. The van der Waals surface area contributed by atoms with Crippen molar-refractivity contribution in [2.75, 3.05) is 6.54 Å².